The molecule has 1 aliphatic rings. The van der Waals surface area contributed by atoms with Gasteiger partial charge in [0, 0.05) is 24.1 Å². The highest BCUT2D eigenvalue weighted by molar-refractivity contribution is 5.72. The van der Waals surface area contributed by atoms with Crippen LogP contribution in [0.4, 0.5) is 35.9 Å². The normalized spacial score (nSPS) is 14.6. The van der Waals surface area contributed by atoms with Crippen molar-refractivity contribution in [1.29, 1.82) is 0 Å². The smallest absolute Gasteiger partial charge is 0.418 e. The van der Waals surface area contributed by atoms with Crippen LogP contribution in [0.3, 0.4) is 0 Å². The van der Waals surface area contributed by atoms with E-state index < -0.39 is 11.7 Å². The van der Waals surface area contributed by atoms with Gasteiger partial charge < -0.3 is 15.0 Å². The maximum absolute atomic E-state index is 13.6. The highest BCUT2D eigenvalue weighted by atomic mass is 19.4. The lowest BCUT2D eigenvalue weighted by atomic mass is 9.84. The molecule has 3 aromatic rings. The van der Waals surface area contributed by atoms with Crippen molar-refractivity contribution in [3.8, 4) is 5.75 Å². The number of nitrogens with zero attached hydrogens (tertiary/aromatic N) is 1. The van der Waals surface area contributed by atoms with Crippen molar-refractivity contribution in [1.82, 2.24) is 0 Å². The molecule has 0 unspecified atom stereocenters. The van der Waals surface area contributed by atoms with Gasteiger partial charge in [-0.25, -0.2) is 0 Å². The lowest BCUT2D eigenvalue weighted by Gasteiger charge is -2.24. The van der Waals surface area contributed by atoms with E-state index in [9.17, 15) is 13.2 Å². The largest absolute Gasteiger partial charge is 0.497 e. The molecule has 3 nitrogen and oxygen atoms in total. The summed E-state index contributed by atoms with van der Waals surface area (Å²) in [7, 11) is 3.36. The number of alkyl halides is 3. The lowest BCUT2D eigenvalue weighted by Crippen LogP contribution is -2.11. The molecule has 3 aromatic carbocycles. The van der Waals surface area contributed by atoms with E-state index in [1.165, 1.54) is 56.9 Å². The Morgan fingerprint density at radius 3 is 2.12 bits per heavy atom. The number of halogens is 3. The van der Waals surface area contributed by atoms with Gasteiger partial charge in [-0.15, -0.1) is 0 Å². The quantitative estimate of drug-likeness (QED) is 0.392. The second kappa shape index (κ2) is 10.00. The average molecular weight is 469 g/mol. The van der Waals surface area contributed by atoms with Crippen LogP contribution in [0.15, 0.2) is 60.7 Å². The molecule has 0 saturated heterocycles. The summed E-state index contributed by atoms with van der Waals surface area (Å²) in [5.41, 5.74) is 4.18. The fraction of sp³-hybridized carbons (Fsp3) is 0.357. The van der Waals surface area contributed by atoms with Crippen molar-refractivity contribution in [2.24, 2.45) is 0 Å². The number of benzene rings is 3. The summed E-state index contributed by atoms with van der Waals surface area (Å²) in [5, 5.41) is 2.95. The van der Waals surface area contributed by atoms with E-state index in [4.69, 9.17) is 4.74 Å². The maximum atomic E-state index is 13.6. The standard InChI is InChI=1S/C28H31F3N2O/c1-19-17-23(33(2)22-11-9-21(10-12-22)20-7-5-4-6-8-20)13-15-26(19)32-27-16-14-24(34-3)18-25(27)28(29,30)31/h9-18,20,32H,4-8H2,1-3H3. The average Bonchev–Trinajstić information content (AvgIpc) is 2.85. The van der Waals surface area contributed by atoms with Crippen LogP contribution in [0.2, 0.25) is 0 Å². The maximum Gasteiger partial charge on any atom is 0.418 e. The predicted octanol–water partition coefficient (Wildman–Crippen LogP) is 8.58. The second-order valence-electron chi connectivity index (χ2n) is 9.02. The Labute approximate surface area is 199 Å². The highest BCUT2D eigenvalue weighted by Crippen LogP contribution is 2.39. The Bertz CT molecular complexity index is 1120. The number of anilines is 4. The molecule has 0 bridgehead atoms. The van der Waals surface area contributed by atoms with Gasteiger partial charge in [-0.2, -0.15) is 13.2 Å². The molecule has 4 rings (SSSR count). The molecule has 1 N–H and O–H groups in total. The van der Waals surface area contributed by atoms with Gasteiger partial charge in [0.1, 0.15) is 5.75 Å². The number of hydrogen-bond donors (Lipinski definition) is 1. The van der Waals surface area contributed by atoms with Crippen LogP contribution < -0.4 is 15.0 Å². The predicted molar refractivity (Wildman–Crippen MR) is 133 cm³/mol. The first-order valence-corrected chi connectivity index (χ1v) is 11.7. The Balaban J connectivity index is 1.52. The Morgan fingerprint density at radius 2 is 1.50 bits per heavy atom. The third kappa shape index (κ3) is 5.32. The minimum absolute atomic E-state index is 0.00388. The second-order valence-corrected chi connectivity index (χ2v) is 9.02. The van der Waals surface area contributed by atoms with E-state index in [1.807, 2.05) is 32.2 Å². The topological polar surface area (TPSA) is 24.5 Å². The van der Waals surface area contributed by atoms with E-state index >= 15 is 0 Å². The monoisotopic (exact) mass is 468 g/mol. The minimum atomic E-state index is -4.49. The van der Waals surface area contributed by atoms with E-state index in [0.717, 1.165) is 23.0 Å². The van der Waals surface area contributed by atoms with Gasteiger partial charge in [-0.1, -0.05) is 31.4 Å². The van der Waals surface area contributed by atoms with Crippen molar-refractivity contribution in [3.05, 3.63) is 77.4 Å². The van der Waals surface area contributed by atoms with Crippen molar-refractivity contribution < 1.29 is 17.9 Å². The minimum Gasteiger partial charge on any atom is -0.497 e. The first-order chi connectivity index (χ1) is 16.3. The summed E-state index contributed by atoms with van der Waals surface area (Å²) >= 11 is 0. The van der Waals surface area contributed by atoms with E-state index in [-0.39, 0.29) is 11.4 Å². The van der Waals surface area contributed by atoms with Crippen molar-refractivity contribution in [3.63, 3.8) is 0 Å². The molecule has 180 valence electrons. The molecule has 1 fully saturated rings. The molecule has 0 spiro atoms. The molecule has 0 amide bonds. The molecule has 0 aromatic heterocycles. The fourth-order valence-corrected chi connectivity index (χ4v) is 4.69. The van der Waals surface area contributed by atoms with E-state index in [1.54, 1.807) is 0 Å². The number of ether oxygens (including phenoxy) is 1. The van der Waals surface area contributed by atoms with Crippen LogP contribution in [-0.2, 0) is 6.18 Å². The first kappa shape index (κ1) is 24.0. The molecule has 1 saturated carbocycles. The van der Waals surface area contributed by atoms with E-state index in [0.29, 0.717) is 11.6 Å². The van der Waals surface area contributed by atoms with Gasteiger partial charge in [0.05, 0.1) is 18.4 Å². The Morgan fingerprint density at radius 1 is 0.853 bits per heavy atom. The summed E-state index contributed by atoms with van der Waals surface area (Å²) in [6.45, 7) is 1.89. The third-order valence-corrected chi connectivity index (χ3v) is 6.76. The van der Waals surface area contributed by atoms with Crippen LogP contribution in [0.25, 0.3) is 0 Å². The van der Waals surface area contributed by atoms with Gasteiger partial charge in [0.25, 0.3) is 0 Å². The van der Waals surface area contributed by atoms with Crippen LogP contribution in [0.1, 0.15) is 54.7 Å². The van der Waals surface area contributed by atoms with E-state index in [2.05, 4.69) is 34.5 Å². The zero-order valence-corrected chi connectivity index (χ0v) is 19.9. The molecule has 34 heavy (non-hydrogen) atoms. The Hall–Kier alpha value is -3.15. The van der Waals surface area contributed by atoms with Crippen LogP contribution in [-0.4, -0.2) is 14.2 Å². The highest BCUT2D eigenvalue weighted by Gasteiger charge is 2.34. The number of rotatable bonds is 6. The zero-order valence-electron chi connectivity index (χ0n) is 19.9. The van der Waals surface area contributed by atoms with Gasteiger partial charge in [-0.05, 0) is 85.3 Å². The van der Waals surface area contributed by atoms with Crippen LogP contribution in [0.5, 0.6) is 5.75 Å². The number of hydrogen-bond acceptors (Lipinski definition) is 3. The van der Waals surface area contributed by atoms with Gasteiger partial charge in [0.2, 0.25) is 0 Å². The SMILES string of the molecule is COc1ccc(Nc2ccc(N(C)c3ccc(C4CCCCC4)cc3)cc2C)c(C(F)(F)F)c1. The molecule has 0 radical (unpaired) electrons. The molecule has 6 heteroatoms. The molecular weight excluding hydrogens is 437 g/mol. The molecule has 1 aliphatic carbocycles. The Kier molecular flexibility index (Phi) is 7.05. The van der Waals surface area contributed by atoms with Gasteiger partial charge >= 0.3 is 6.18 Å². The first-order valence-electron chi connectivity index (χ1n) is 11.7. The van der Waals surface area contributed by atoms with Crippen molar-refractivity contribution in [2.45, 2.75) is 51.1 Å². The van der Waals surface area contributed by atoms with Crippen LogP contribution in [0, 0.1) is 6.92 Å². The third-order valence-electron chi connectivity index (χ3n) is 6.76. The summed E-state index contributed by atoms with van der Waals surface area (Å²) in [6.07, 6.45) is 2.02. The molecule has 0 heterocycles. The number of aryl methyl sites for hydroxylation is 1. The van der Waals surface area contributed by atoms with Crippen molar-refractivity contribution in [2.75, 3.05) is 24.4 Å². The molecule has 0 atom stereocenters. The molecule has 0 aliphatic heterocycles. The number of methoxy groups -OCH3 is 1. The molecular formula is C28H31F3N2O. The zero-order chi connectivity index (χ0) is 24.3. The van der Waals surface area contributed by atoms with Crippen molar-refractivity contribution >= 4 is 22.7 Å². The summed E-state index contributed by atoms with van der Waals surface area (Å²) in [4.78, 5) is 2.09. The number of nitrogens with one attached hydrogen (secondary N) is 1. The lowest BCUT2D eigenvalue weighted by molar-refractivity contribution is -0.137. The summed E-state index contributed by atoms with van der Waals surface area (Å²) < 4.78 is 45.7. The van der Waals surface area contributed by atoms with Gasteiger partial charge in [0.15, 0.2) is 0 Å². The fourth-order valence-electron chi connectivity index (χ4n) is 4.69. The summed E-state index contributed by atoms with van der Waals surface area (Å²) in [5.74, 6) is 0.835. The van der Waals surface area contributed by atoms with Gasteiger partial charge in [-0.3, -0.25) is 0 Å². The summed E-state index contributed by atoms with van der Waals surface area (Å²) in [6, 6.07) is 18.4. The van der Waals surface area contributed by atoms with Crippen LogP contribution >= 0.6 is 0 Å².